The highest BCUT2D eigenvalue weighted by Crippen LogP contribution is 2.19. The lowest BCUT2D eigenvalue weighted by atomic mass is 10.0. The fourth-order valence-corrected chi connectivity index (χ4v) is 2.51. The molecule has 0 heterocycles. The van der Waals surface area contributed by atoms with Crippen LogP contribution in [-0.4, -0.2) is 13.2 Å². The van der Waals surface area contributed by atoms with Gasteiger partial charge in [-0.2, -0.15) is 0 Å². The minimum absolute atomic E-state index is 0.412. The molecule has 0 aromatic heterocycles. The predicted molar refractivity (Wildman–Crippen MR) is 91.7 cm³/mol. The zero-order chi connectivity index (χ0) is 14.9. The van der Waals surface area contributed by atoms with Crippen molar-refractivity contribution in [2.24, 2.45) is 0 Å². The van der Waals surface area contributed by atoms with Crippen molar-refractivity contribution in [1.82, 2.24) is 5.32 Å². The van der Waals surface area contributed by atoms with Crippen LogP contribution < -0.4 is 10.1 Å². The van der Waals surface area contributed by atoms with Crippen LogP contribution in [0.15, 0.2) is 59.1 Å². The van der Waals surface area contributed by atoms with Gasteiger partial charge in [-0.05, 0) is 49.2 Å². The fraction of sp³-hybridized carbons (Fsp3) is 0.333. The van der Waals surface area contributed by atoms with Gasteiger partial charge in [0.05, 0.1) is 6.61 Å². The van der Waals surface area contributed by atoms with Crippen LogP contribution in [-0.2, 0) is 0 Å². The second-order valence-corrected chi connectivity index (χ2v) is 5.90. The van der Waals surface area contributed by atoms with Gasteiger partial charge in [0, 0.05) is 10.5 Å². The molecule has 2 nitrogen and oxygen atoms in total. The molecule has 21 heavy (non-hydrogen) atoms. The van der Waals surface area contributed by atoms with Crippen molar-refractivity contribution in [3.8, 4) is 5.75 Å². The van der Waals surface area contributed by atoms with Gasteiger partial charge >= 0.3 is 0 Å². The van der Waals surface area contributed by atoms with E-state index in [9.17, 15) is 0 Å². The first kappa shape index (κ1) is 16.1. The predicted octanol–water partition coefficient (Wildman–Crippen LogP) is 4.96. The summed E-state index contributed by atoms with van der Waals surface area (Å²) in [6.07, 6.45) is 2.09. The number of halogens is 1. The molecule has 0 radical (unpaired) electrons. The van der Waals surface area contributed by atoms with E-state index in [0.29, 0.717) is 6.04 Å². The topological polar surface area (TPSA) is 21.3 Å². The third-order valence-corrected chi connectivity index (χ3v) is 3.93. The van der Waals surface area contributed by atoms with Crippen LogP contribution in [0.1, 0.15) is 31.4 Å². The molecule has 112 valence electrons. The van der Waals surface area contributed by atoms with Gasteiger partial charge in [-0.3, -0.25) is 0 Å². The Morgan fingerprint density at radius 2 is 1.76 bits per heavy atom. The quantitative estimate of drug-likeness (QED) is 0.681. The molecule has 3 heteroatoms. The van der Waals surface area contributed by atoms with Crippen molar-refractivity contribution >= 4 is 15.9 Å². The van der Waals surface area contributed by atoms with Gasteiger partial charge in [0.15, 0.2) is 0 Å². The van der Waals surface area contributed by atoms with E-state index in [1.807, 2.05) is 30.3 Å². The number of hydrogen-bond acceptors (Lipinski definition) is 2. The summed E-state index contributed by atoms with van der Waals surface area (Å²) in [6, 6.07) is 18.9. The molecule has 0 aliphatic carbocycles. The van der Waals surface area contributed by atoms with Crippen molar-refractivity contribution < 1.29 is 4.74 Å². The van der Waals surface area contributed by atoms with Crippen LogP contribution in [0.25, 0.3) is 0 Å². The minimum Gasteiger partial charge on any atom is -0.494 e. The van der Waals surface area contributed by atoms with Crippen LogP contribution in [0.3, 0.4) is 0 Å². The average molecular weight is 348 g/mol. The summed E-state index contributed by atoms with van der Waals surface area (Å²) in [5.74, 6) is 0.942. The lowest BCUT2D eigenvalue weighted by molar-refractivity contribution is 0.304. The van der Waals surface area contributed by atoms with E-state index in [2.05, 4.69) is 52.4 Å². The largest absolute Gasteiger partial charge is 0.494 e. The van der Waals surface area contributed by atoms with Gasteiger partial charge < -0.3 is 10.1 Å². The molecule has 0 amide bonds. The Kier molecular flexibility index (Phi) is 6.77. The van der Waals surface area contributed by atoms with E-state index < -0.39 is 0 Å². The number of rotatable bonds is 8. The SMILES string of the molecule is CCC(NCCCOc1ccccc1)c1ccc(Br)cc1. The Balaban J connectivity index is 1.70. The molecule has 0 spiro atoms. The third-order valence-electron chi connectivity index (χ3n) is 3.40. The molecule has 0 fully saturated rings. The van der Waals surface area contributed by atoms with E-state index in [0.717, 1.165) is 36.2 Å². The first-order valence-corrected chi connectivity index (χ1v) is 8.25. The highest BCUT2D eigenvalue weighted by atomic mass is 79.9. The molecule has 1 atom stereocenters. The molecule has 1 unspecified atom stereocenters. The van der Waals surface area contributed by atoms with Crippen molar-refractivity contribution in [3.05, 3.63) is 64.6 Å². The number of nitrogens with one attached hydrogen (secondary N) is 1. The summed E-state index contributed by atoms with van der Waals surface area (Å²) in [5, 5.41) is 3.60. The lowest BCUT2D eigenvalue weighted by Gasteiger charge is -2.17. The van der Waals surface area contributed by atoms with Crippen molar-refractivity contribution in [3.63, 3.8) is 0 Å². The molecule has 2 aromatic rings. The Morgan fingerprint density at radius 3 is 2.43 bits per heavy atom. The molecule has 0 aliphatic rings. The summed E-state index contributed by atoms with van der Waals surface area (Å²) in [6.45, 7) is 3.91. The molecule has 0 bridgehead atoms. The molecule has 0 saturated carbocycles. The summed E-state index contributed by atoms with van der Waals surface area (Å²) in [4.78, 5) is 0. The first-order chi connectivity index (χ1) is 10.3. The Morgan fingerprint density at radius 1 is 1.05 bits per heavy atom. The lowest BCUT2D eigenvalue weighted by Crippen LogP contribution is -2.23. The number of hydrogen-bond donors (Lipinski definition) is 1. The summed E-state index contributed by atoms with van der Waals surface area (Å²) in [5.41, 5.74) is 1.34. The number of ether oxygens (including phenoxy) is 1. The van der Waals surface area contributed by atoms with E-state index in [-0.39, 0.29) is 0 Å². The van der Waals surface area contributed by atoms with Crippen LogP contribution in [0, 0.1) is 0 Å². The average Bonchev–Trinajstić information content (AvgIpc) is 2.53. The Bertz CT molecular complexity index is 513. The second-order valence-electron chi connectivity index (χ2n) is 4.98. The summed E-state index contributed by atoms with van der Waals surface area (Å²) in [7, 11) is 0. The van der Waals surface area contributed by atoms with Gasteiger partial charge in [-0.25, -0.2) is 0 Å². The molecular formula is C18H22BrNO. The maximum atomic E-state index is 5.70. The van der Waals surface area contributed by atoms with Crippen molar-refractivity contribution in [2.75, 3.05) is 13.2 Å². The van der Waals surface area contributed by atoms with Crippen molar-refractivity contribution in [1.29, 1.82) is 0 Å². The van der Waals surface area contributed by atoms with E-state index in [1.165, 1.54) is 5.56 Å². The minimum atomic E-state index is 0.412. The summed E-state index contributed by atoms with van der Waals surface area (Å²) < 4.78 is 6.82. The molecule has 2 aromatic carbocycles. The normalized spacial score (nSPS) is 12.1. The maximum absolute atomic E-state index is 5.70. The Hall–Kier alpha value is -1.32. The van der Waals surface area contributed by atoms with Crippen molar-refractivity contribution in [2.45, 2.75) is 25.8 Å². The Labute approximate surface area is 135 Å². The summed E-state index contributed by atoms with van der Waals surface area (Å²) >= 11 is 3.47. The first-order valence-electron chi connectivity index (χ1n) is 7.46. The third kappa shape index (κ3) is 5.52. The van der Waals surface area contributed by atoms with Gasteiger partial charge in [-0.1, -0.05) is 53.2 Å². The monoisotopic (exact) mass is 347 g/mol. The molecule has 0 aliphatic heterocycles. The maximum Gasteiger partial charge on any atom is 0.119 e. The smallest absolute Gasteiger partial charge is 0.119 e. The molecular weight excluding hydrogens is 326 g/mol. The zero-order valence-electron chi connectivity index (χ0n) is 12.4. The number of benzene rings is 2. The molecule has 0 saturated heterocycles. The van der Waals surface area contributed by atoms with Crippen LogP contribution >= 0.6 is 15.9 Å². The highest BCUT2D eigenvalue weighted by Gasteiger charge is 2.07. The fourth-order valence-electron chi connectivity index (χ4n) is 2.25. The van der Waals surface area contributed by atoms with Gasteiger partial charge in [0.1, 0.15) is 5.75 Å². The van der Waals surface area contributed by atoms with Gasteiger partial charge in [0.2, 0.25) is 0 Å². The molecule has 1 N–H and O–H groups in total. The standard InChI is InChI=1S/C18H22BrNO/c1-2-18(15-9-11-16(19)12-10-15)20-13-6-14-21-17-7-4-3-5-8-17/h3-5,7-12,18,20H,2,6,13-14H2,1H3. The van der Waals surface area contributed by atoms with Crippen LogP contribution in [0.5, 0.6) is 5.75 Å². The highest BCUT2D eigenvalue weighted by molar-refractivity contribution is 9.10. The van der Waals surface area contributed by atoms with Crippen LogP contribution in [0.2, 0.25) is 0 Å². The van der Waals surface area contributed by atoms with E-state index >= 15 is 0 Å². The number of para-hydroxylation sites is 1. The van der Waals surface area contributed by atoms with E-state index in [4.69, 9.17) is 4.74 Å². The van der Waals surface area contributed by atoms with Gasteiger partial charge in [-0.15, -0.1) is 0 Å². The molecule has 2 rings (SSSR count). The van der Waals surface area contributed by atoms with E-state index in [1.54, 1.807) is 0 Å². The zero-order valence-corrected chi connectivity index (χ0v) is 14.0. The van der Waals surface area contributed by atoms with Crippen LogP contribution in [0.4, 0.5) is 0 Å². The second kappa shape index (κ2) is 8.85. The van der Waals surface area contributed by atoms with Gasteiger partial charge in [0.25, 0.3) is 0 Å².